The fraction of sp³-hybridized carbons (Fsp3) is 0.278. The van der Waals surface area contributed by atoms with Gasteiger partial charge in [-0.15, -0.1) is 0 Å². The molecule has 3 heterocycles. The van der Waals surface area contributed by atoms with E-state index in [1.165, 1.54) is 6.42 Å². The summed E-state index contributed by atoms with van der Waals surface area (Å²) in [6.07, 6.45) is 4.97. The van der Waals surface area contributed by atoms with E-state index >= 15 is 0 Å². The van der Waals surface area contributed by atoms with Crippen molar-refractivity contribution in [2.75, 3.05) is 18.0 Å². The molecular formula is C18H15N5. The molecule has 112 valence electrons. The largest absolute Gasteiger partial charge is 0.355 e. The Morgan fingerprint density at radius 3 is 2.91 bits per heavy atom. The van der Waals surface area contributed by atoms with Crippen molar-refractivity contribution in [2.45, 2.75) is 6.42 Å². The number of aromatic amines is 1. The second kappa shape index (κ2) is 4.56. The summed E-state index contributed by atoms with van der Waals surface area (Å²) in [5.74, 6) is 2.72. The molecule has 1 N–H and O–H groups in total. The van der Waals surface area contributed by atoms with E-state index in [-0.39, 0.29) is 0 Å². The van der Waals surface area contributed by atoms with Gasteiger partial charge < -0.3 is 9.88 Å². The van der Waals surface area contributed by atoms with Gasteiger partial charge in [0.15, 0.2) is 0 Å². The topological polar surface area (TPSA) is 68.6 Å². The van der Waals surface area contributed by atoms with E-state index in [0.717, 1.165) is 52.9 Å². The molecule has 2 unspecified atom stereocenters. The van der Waals surface area contributed by atoms with Crippen LogP contribution in [0.1, 0.15) is 12.0 Å². The highest BCUT2D eigenvalue weighted by molar-refractivity contribution is 6.01. The molecule has 2 aromatic heterocycles. The second-order valence-corrected chi connectivity index (χ2v) is 6.48. The number of nitrogens with zero attached hydrogens (tertiary/aromatic N) is 4. The first kappa shape index (κ1) is 12.7. The second-order valence-electron chi connectivity index (χ2n) is 6.48. The molecule has 0 bridgehead atoms. The lowest BCUT2D eigenvalue weighted by Gasteiger charge is -2.20. The van der Waals surface area contributed by atoms with Crippen molar-refractivity contribution in [1.82, 2.24) is 15.0 Å². The standard InChI is InChI=1S/C18H15N5/c19-6-11-2-1-3-12(4-11)15-7-20-17-16(15)18(22-10-21-17)23-8-13-5-14(13)9-23/h1-4,7,10,13-14H,5,8-9H2,(H,20,21,22). The highest BCUT2D eigenvalue weighted by atomic mass is 15.2. The number of anilines is 1. The molecule has 5 heteroatoms. The fourth-order valence-corrected chi connectivity index (χ4v) is 3.74. The van der Waals surface area contributed by atoms with Gasteiger partial charge in [0.1, 0.15) is 17.8 Å². The van der Waals surface area contributed by atoms with Crippen LogP contribution in [0.5, 0.6) is 0 Å². The number of piperidine rings is 1. The number of nitriles is 1. The zero-order valence-electron chi connectivity index (χ0n) is 12.5. The predicted molar refractivity (Wildman–Crippen MR) is 87.8 cm³/mol. The minimum Gasteiger partial charge on any atom is -0.355 e. The van der Waals surface area contributed by atoms with Gasteiger partial charge in [0.05, 0.1) is 17.0 Å². The summed E-state index contributed by atoms with van der Waals surface area (Å²) in [5, 5.41) is 10.2. The molecule has 0 radical (unpaired) electrons. The monoisotopic (exact) mass is 301 g/mol. The van der Waals surface area contributed by atoms with Crippen LogP contribution in [-0.4, -0.2) is 28.0 Å². The first-order valence-corrected chi connectivity index (χ1v) is 7.91. The molecule has 2 fully saturated rings. The maximum atomic E-state index is 9.14. The summed E-state index contributed by atoms with van der Waals surface area (Å²) in [5.41, 5.74) is 3.61. The highest BCUT2D eigenvalue weighted by Gasteiger charge is 2.45. The number of benzene rings is 1. The quantitative estimate of drug-likeness (QED) is 0.790. The molecule has 0 amide bonds. The highest BCUT2D eigenvalue weighted by Crippen LogP contribution is 2.47. The van der Waals surface area contributed by atoms with Gasteiger partial charge >= 0.3 is 0 Å². The number of rotatable bonds is 2. The van der Waals surface area contributed by atoms with E-state index < -0.39 is 0 Å². The maximum absolute atomic E-state index is 9.14. The molecule has 5 nitrogen and oxygen atoms in total. The van der Waals surface area contributed by atoms with Crippen LogP contribution in [0.2, 0.25) is 0 Å². The van der Waals surface area contributed by atoms with Crippen LogP contribution in [0, 0.1) is 23.2 Å². The van der Waals surface area contributed by atoms with E-state index in [9.17, 15) is 0 Å². The average molecular weight is 301 g/mol. The van der Waals surface area contributed by atoms with Crippen LogP contribution in [0.4, 0.5) is 5.82 Å². The number of H-pyrrole nitrogens is 1. The predicted octanol–water partition coefficient (Wildman–Crippen LogP) is 2.95. The molecule has 3 aromatic rings. The molecule has 1 aliphatic carbocycles. The SMILES string of the molecule is N#Cc1cccc(-c2c[nH]c3ncnc(N4CC5CC5C4)c23)c1. The summed E-state index contributed by atoms with van der Waals surface area (Å²) in [6.45, 7) is 2.19. The summed E-state index contributed by atoms with van der Waals surface area (Å²) in [6, 6.07) is 9.89. The molecule has 2 aliphatic rings. The molecule has 1 saturated heterocycles. The molecule has 0 spiro atoms. The molecule has 1 saturated carbocycles. The first-order chi connectivity index (χ1) is 11.3. The minimum atomic E-state index is 0.665. The zero-order chi connectivity index (χ0) is 15.4. The van der Waals surface area contributed by atoms with Crippen LogP contribution < -0.4 is 4.90 Å². The van der Waals surface area contributed by atoms with Crippen molar-refractivity contribution in [1.29, 1.82) is 5.26 Å². The lowest BCUT2D eigenvalue weighted by molar-refractivity contribution is 0.808. The van der Waals surface area contributed by atoms with Crippen LogP contribution in [-0.2, 0) is 0 Å². The summed E-state index contributed by atoms with van der Waals surface area (Å²) < 4.78 is 0. The lowest BCUT2D eigenvalue weighted by atomic mass is 10.0. The molecule has 23 heavy (non-hydrogen) atoms. The molecular weight excluding hydrogens is 286 g/mol. The van der Waals surface area contributed by atoms with E-state index in [1.807, 2.05) is 30.5 Å². The van der Waals surface area contributed by atoms with Crippen LogP contribution in [0.15, 0.2) is 36.8 Å². The molecule has 5 rings (SSSR count). The molecule has 1 aromatic carbocycles. The Labute approximate surface area is 133 Å². The Kier molecular flexibility index (Phi) is 2.51. The van der Waals surface area contributed by atoms with Gasteiger partial charge in [-0.25, -0.2) is 9.97 Å². The average Bonchev–Trinajstić information content (AvgIpc) is 3.01. The maximum Gasteiger partial charge on any atom is 0.143 e. The van der Waals surface area contributed by atoms with Gasteiger partial charge in [-0.3, -0.25) is 0 Å². The van der Waals surface area contributed by atoms with Crippen molar-refractivity contribution in [3.05, 3.63) is 42.4 Å². The number of nitrogens with one attached hydrogen (secondary N) is 1. The van der Waals surface area contributed by atoms with Gasteiger partial charge in [0.25, 0.3) is 0 Å². The third-order valence-electron chi connectivity index (χ3n) is 5.03. The summed E-state index contributed by atoms with van der Waals surface area (Å²) in [4.78, 5) is 14.6. The molecule has 1 aliphatic heterocycles. The van der Waals surface area contributed by atoms with Gasteiger partial charge in [-0.2, -0.15) is 5.26 Å². The first-order valence-electron chi connectivity index (χ1n) is 7.91. The number of hydrogen-bond donors (Lipinski definition) is 1. The van der Waals surface area contributed by atoms with Crippen LogP contribution in [0.25, 0.3) is 22.2 Å². The number of fused-ring (bicyclic) bond motifs is 2. The van der Waals surface area contributed by atoms with Crippen LogP contribution in [0.3, 0.4) is 0 Å². The fourth-order valence-electron chi connectivity index (χ4n) is 3.74. The normalized spacial score (nSPS) is 22.1. The van der Waals surface area contributed by atoms with Crippen molar-refractivity contribution in [3.63, 3.8) is 0 Å². The third-order valence-corrected chi connectivity index (χ3v) is 5.03. The summed E-state index contributed by atoms with van der Waals surface area (Å²) >= 11 is 0. The van der Waals surface area contributed by atoms with Gasteiger partial charge in [0, 0.05) is 24.8 Å². The van der Waals surface area contributed by atoms with Gasteiger partial charge in [-0.05, 0) is 36.0 Å². The van der Waals surface area contributed by atoms with Crippen molar-refractivity contribution < 1.29 is 0 Å². The Balaban J connectivity index is 1.68. The van der Waals surface area contributed by atoms with Crippen LogP contribution >= 0.6 is 0 Å². The number of hydrogen-bond acceptors (Lipinski definition) is 4. The Morgan fingerprint density at radius 1 is 1.22 bits per heavy atom. The van der Waals surface area contributed by atoms with E-state index in [1.54, 1.807) is 6.33 Å². The van der Waals surface area contributed by atoms with Crippen molar-refractivity contribution >= 4 is 16.9 Å². The Hall–Kier alpha value is -2.87. The van der Waals surface area contributed by atoms with E-state index in [2.05, 4.69) is 25.9 Å². The Bertz CT molecular complexity index is 941. The summed E-state index contributed by atoms with van der Waals surface area (Å²) in [7, 11) is 0. The molecule has 2 atom stereocenters. The lowest BCUT2D eigenvalue weighted by Crippen LogP contribution is -2.23. The Morgan fingerprint density at radius 2 is 2.09 bits per heavy atom. The van der Waals surface area contributed by atoms with Gasteiger partial charge in [0.2, 0.25) is 0 Å². The van der Waals surface area contributed by atoms with Gasteiger partial charge in [-0.1, -0.05) is 12.1 Å². The van der Waals surface area contributed by atoms with E-state index in [0.29, 0.717) is 5.56 Å². The number of aromatic nitrogens is 3. The smallest absolute Gasteiger partial charge is 0.143 e. The van der Waals surface area contributed by atoms with Crippen molar-refractivity contribution in [2.24, 2.45) is 11.8 Å². The zero-order valence-corrected chi connectivity index (χ0v) is 12.5. The third kappa shape index (κ3) is 1.92. The van der Waals surface area contributed by atoms with E-state index in [4.69, 9.17) is 5.26 Å². The van der Waals surface area contributed by atoms with Crippen molar-refractivity contribution in [3.8, 4) is 17.2 Å². The minimum absolute atomic E-state index is 0.665.